The molecule has 0 amide bonds. The van der Waals surface area contributed by atoms with E-state index in [2.05, 4.69) is 9.97 Å². The third-order valence-corrected chi connectivity index (χ3v) is 6.73. The van der Waals surface area contributed by atoms with Crippen LogP contribution in [0.5, 0.6) is 17.4 Å². The highest BCUT2D eigenvalue weighted by Gasteiger charge is 2.54. The lowest BCUT2D eigenvalue weighted by Crippen LogP contribution is -2.28. The van der Waals surface area contributed by atoms with E-state index in [-0.39, 0.29) is 47.4 Å². The van der Waals surface area contributed by atoms with Crippen LogP contribution in [-0.4, -0.2) is 39.7 Å². The molecule has 0 spiro atoms. The van der Waals surface area contributed by atoms with Gasteiger partial charge in [0.2, 0.25) is 5.88 Å². The van der Waals surface area contributed by atoms with E-state index < -0.39 is 11.4 Å². The number of nitrogens with zero attached hydrogens (tertiary/aromatic N) is 2. The first-order valence-electron chi connectivity index (χ1n) is 11.9. The number of hydrogen-bond donors (Lipinski definition) is 1. The van der Waals surface area contributed by atoms with Gasteiger partial charge in [0.1, 0.15) is 22.9 Å². The smallest absolute Gasteiger partial charge is 0.339 e. The van der Waals surface area contributed by atoms with Crippen molar-refractivity contribution in [2.75, 3.05) is 7.11 Å². The minimum Gasteiger partial charge on any atom is -0.496 e. The number of ketones is 2. The van der Waals surface area contributed by atoms with Gasteiger partial charge in [-0.15, -0.1) is 0 Å². The molecule has 8 nitrogen and oxygen atoms in total. The molecule has 38 heavy (non-hydrogen) atoms. The van der Waals surface area contributed by atoms with Crippen molar-refractivity contribution < 1.29 is 33.4 Å². The molecule has 0 bridgehead atoms. The molecule has 5 rings (SSSR count). The zero-order valence-electron chi connectivity index (χ0n) is 20.4. The highest BCUT2D eigenvalue weighted by Crippen LogP contribution is 2.48. The van der Waals surface area contributed by atoms with E-state index in [0.29, 0.717) is 40.6 Å². The van der Waals surface area contributed by atoms with Crippen LogP contribution in [0.1, 0.15) is 34.3 Å². The van der Waals surface area contributed by atoms with Gasteiger partial charge in [-0.25, -0.2) is 14.2 Å². The summed E-state index contributed by atoms with van der Waals surface area (Å²) < 4.78 is 24.2. The highest BCUT2D eigenvalue weighted by molar-refractivity contribution is 6.11. The molecule has 2 aromatic heterocycles. The Morgan fingerprint density at radius 1 is 0.921 bits per heavy atom. The molecule has 0 atom stereocenters. The van der Waals surface area contributed by atoms with E-state index in [1.165, 1.54) is 43.8 Å². The van der Waals surface area contributed by atoms with Gasteiger partial charge >= 0.3 is 5.97 Å². The number of carbonyl (C=O) groups excluding carboxylic acids is 2. The molecular weight excluding hydrogens is 491 g/mol. The summed E-state index contributed by atoms with van der Waals surface area (Å²) in [6.45, 7) is 0. The second kappa shape index (κ2) is 10.0. The molecule has 1 aliphatic rings. The van der Waals surface area contributed by atoms with Gasteiger partial charge in [0.15, 0.2) is 11.6 Å². The average Bonchev–Trinajstić information content (AvgIpc) is 3.73. The summed E-state index contributed by atoms with van der Waals surface area (Å²) >= 11 is 0. The van der Waals surface area contributed by atoms with Crippen molar-refractivity contribution in [2.24, 2.45) is 5.41 Å². The fourth-order valence-electron chi connectivity index (χ4n) is 4.41. The highest BCUT2D eigenvalue weighted by atomic mass is 19.1. The number of ether oxygens (including phenoxy) is 2. The summed E-state index contributed by atoms with van der Waals surface area (Å²) in [6, 6.07) is 13.6. The molecule has 0 saturated heterocycles. The summed E-state index contributed by atoms with van der Waals surface area (Å²) in [5.41, 5.74) is 0.800. The number of aromatic carboxylic acids is 1. The van der Waals surface area contributed by atoms with Crippen LogP contribution >= 0.6 is 0 Å². The summed E-state index contributed by atoms with van der Waals surface area (Å²) in [4.78, 5) is 46.1. The zero-order valence-corrected chi connectivity index (χ0v) is 20.4. The van der Waals surface area contributed by atoms with Crippen LogP contribution in [0, 0.1) is 11.2 Å². The van der Waals surface area contributed by atoms with Crippen molar-refractivity contribution >= 4 is 28.4 Å². The second-order valence-electron chi connectivity index (χ2n) is 9.20. The van der Waals surface area contributed by atoms with E-state index in [9.17, 15) is 23.9 Å². The first-order chi connectivity index (χ1) is 18.3. The lowest BCUT2D eigenvalue weighted by molar-refractivity contribution is -0.133. The van der Waals surface area contributed by atoms with Crippen LogP contribution in [0.4, 0.5) is 4.39 Å². The summed E-state index contributed by atoms with van der Waals surface area (Å²) in [5, 5.41) is 9.98. The number of Topliss-reactive ketones (excluding diaryl/α,β-unsaturated/α-hetero) is 2. The normalized spacial score (nSPS) is 13.6. The number of aromatic nitrogens is 2. The van der Waals surface area contributed by atoms with E-state index in [0.717, 1.165) is 0 Å². The maximum atomic E-state index is 13.2. The fraction of sp³-hybridized carbons (Fsp3) is 0.207. The average molecular weight is 515 g/mol. The molecule has 2 heterocycles. The van der Waals surface area contributed by atoms with Crippen molar-refractivity contribution in [2.45, 2.75) is 25.7 Å². The summed E-state index contributed by atoms with van der Waals surface area (Å²) in [6.07, 6.45) is 4.22. The molecule has 9 heteroatoms. The van der Waals surface area contributed by atoms with Gasteiger partial charge in [-0.05, 0) is 48.2 Å². The lowest BCUT2D eigenvalue weighted by atomic mass is 9.88. The summed E-state index contributed by atoms with van der Waals surface area (Å²) in [7, 11) is 1.39. The predicted molar refractivity (Wildman–Crippen MR) is 135 cm³/mol. The van der Waals surface area contributed by atoms with Crippen LogP contribution in [0.2, 0.25) is 0 Å². The molecule has 2 aromatic carbocycles. The Hall–Kier alpha value is -4.66. The second-order valence-corrected chi connectivity index (χ2v) is 9.20. The molecule has 1 saturated carbocycles. The predicted octanol–water partition coefficient (Wildman–Crippen LogP) is 4.97. The quantitative estimate of drug-likeness (QED) is 0.295. The molecule has 1 N–H and O–H groups in total. The SMILES string of the molecule is COc1cc2nccc(Oc3ccc(CC(=O)C4(C(=O)Cc5ccc(F)cc5)CC4)cn3)c2cc1C(=O)O. The topological polar surface area (TPSA) is 116 Å². The Labute approximate surface area is 217 Å². The Morgan fingerprint density at radius 3 is 2.21 bits per heavy atom. The van der Waals surface area contributed by atoms with Crippen molar-refractivity contribution in [1.29, 1.82) is 0 Å². The van der Waals surface area contributed by atoms with E-state index >= 15 is 0 Å². The molecule has 0 unspecified atom stereocenters. The number of halogens is 1. The molecular formula is C29H23FN2O6. The van der Waals surface area contributed by atoms with Crippen LogP contribution in [-0.2, 0) is 22.4 Å². The number of benzene rings is 2. The number of hydrogen-bond acceptors (Lipinski definition) is 7. The van der Waals surface area contributed by atoms with Crippen LogP contribution in [0.25, 0.3) is 10.9 Å². The van der Waals surface area contributed by atoms with E-state index in [1.54, 1.807) is 30.3 Å². The maximum absolute atomic E-state index is 13.2. The van der Waals surface area contributed by atoms with Gasteiger partial charge in [-0.1, -0.05) is 18.2 Å². The fourth-order valence-corrected chi connectivity index (χ4v) is 4.41. The Balaban J connectivity index is 1.28. The van der Waals surface area contributed by atoms with Crippen LogP contribution < -0.4 is 9.47 Å². The standard InChI is InChI=1S/C29H23FN2O6/c1-37-24-15-22-20(14-21(24)28(35)36)23(8-11-31-22)38-27-7-4-18(16-32-27)13-26(34)29(9-10-29)25(33)12-17-2-5-19(30)6-3-17/h2-8,11,14-16H,9-10,12-13H2,1H3,(H,35,36). The number of carbonyl (C=O) groups is 3. The third-order valence-electron chi connectivity index (χ3n) is 6.73. The van der Waals surface area contributed by atoms with Gasteiger partial charge in [0, 0.05) is 42.8 Å². The molecule has 0 radical (unpaired) electrons. The van der Waals surface area contributed by atoms with Gasteiger partial charge < -0.3 is 14.6 Å². The number of carboxylic acid groups (broad SMARTS) is 1. The van der Waals surface area contributed by atoms with Crippen LogP contribution in [0.15, 0.2) is 67.0 Å². The zero-order chi connectivity index (χ0) is 26.9. The Morgan fingerprint density at radius 2 is 1.61 bits per heavy atom. The van der Waals surface area contributed by atoms with Gasteiger partial charge in [0.25, 0.3) is 0 Å². The van der Waals surface area contributed by atoms with Crippen LogP contribution in [0.3, 0.4) is 0 Å². The van der Waals surface area contributed by atoms with Crippen molar-refractivity contribution in [3.63, 3.8) is 0 Å². The number of pyridine rings is 2. The first kappa shape index (κ1) is 25.0. The van der Waals surface area contributed by atoms with Gasteiger partial charge in [0.05, 0.1) is 18.0 Å². The summed E-state index contributed by atoms with van der Waals surface area (Å²) in [5.74, 6) is -1.03. The van der Waals surface area contributed by atoms with Crippen molar-refractivity contribution in [1.82, 2.24) is 9.97 Å². The Bertz CT molecular complexity index is 1550. The maximum Gasteiger partial charge on any atom is 0.339 e. The number of carboxylic acids is 1. The van der Waals surface area contributed by atoms with Gasteiger partial charge in [-0.3, -0.25) is 14.6 Å². The molecule has 1 fully saturated rings. The van der Waals surface area contributed by atoms with Crippen molar-refractivity contribution in [3.8, 4) is 17.4 Å². The van der Waals surface area contributed by atoms with Gasteiger partial charge in [-0.2, -0.15) is 0 Å². The number of methoxy groups -OCH3 is 1. The largest absolute Gasteiger partial charge is 0.496 e. The molecule has 0 aliphatic heterocycles. The number of rotatable bonds is 10. The Kier molecular flexibility index (Phi) is 6.59. The third kappa shape index (κ3) is 4.95. The van der Waals surface area contributed by atoms with Crippen molar-refractivity contribution in [3.05, 3.63) is 89.5 Å². The monoisotopic (exact) mass is 514 g/mol. The molecule has 192 valence electrons. The lowest BCUT2D eigenvalue weighted by Gasteiger charge is -2.13. The van der Waals surface area contributed by atoms with E-state index in [1.807, 2.05) is 0 Å². The first-order valence-corrected chi connectivity index (χ1v) is 11.9. The minimum atomic E-state index is -1.14. The van der Waals surface area contributed by atoms with E-state index in [4.69, 9.17) is 9.47 Å². The number of fused-ring (bicyclic) bond motifs is 1. The minimum absolute atomic E-state index is 0.0253. The molecule has 4 aromatic rings. The molecule has 1 aliphatic carbocycles.